The fourth-order valence-corrected chi connectivity index (χ4v) is 16.7. The van der Waals surface area contributed by atoms with Crippen molar-refractivity contribution in [2.75, 3.05) is 56.0 Å². The minimum absolute atomic E-state index is 0.0311. The van der Waals surface area contributed by atoms with Gasteiger partial charge in [-0.25, -0.2) is 32.9 Å². The smallest absolute Gasteiger partial charge is 0.318 e. The third kappa shape index (κ3) is 13.9. The molecule has 0 unspecified atom stereocenters. The number of aliphatic hydroxyl groups is 1. The van der Waals surface area contributed by atoms with Gasteiger partial charge in [-0.2, -0.15) is 5.10 Å². The lowest BCUT2D eigenvalue weighted by atomic mass is 9.85. The number of amides is 6. The SMILES string of the molecule is Cc1ncsc1-c1ccc([C@H](C)NC(=O)[C@@H]2C[C@@H](O)CN2C(=O)[C@@H](NC(=O)N2CC(CN3CCC(S(=O)(=O)NC(=O)c4nc(N5CCc6cccc(C(=O)Nc7nc8ccccc8s7)c6C5)ccc4-c4cnn(CC5CCCCC5)c4C)CC3)C2)C(C)(C)C)cc1. The van der Waals surface area contributed by atoms with Gasteiger partial charge in [0.25, 0.3) is 11.8 Å². The summed E-state index contributed by atoms with van der Waals surface area (Å²) in [5.74, 6) is -0.860. The van der Waals surface area contributed by atoms with E-state index in [2.05, 4.69) is 35.5 Å². The van der Waals surface area contributed by atoms with Crippen molar-refractivity contribution in [2.24, 2.45) is 17.3 Å². The van der Waals surface area contributed by atoms with Crippen molar-refractivity contribution in [3.05, 3.63) is 130 Å². The molecule has 4 fully saturated rings. The number of pyridine rings is 1. The summed E-state index contributed by atoms with van der Waals surface area (Å²) in [6.45, 7) is 15.4. The normalized spacial score (nSPS) is 19.4. The van der Waals surface area contributed by atoms with Crippen LogP contribution in [0.2, 0.25) is 0 Å². The number of piperidine rings is 1. The number of β-amino-alcohol motifs (C(OH)–C–C–N with tert-alkyl or cyclic N) is 1. The number of anilines is 2. The highest BCUT2D eigenvalue weighted by Gasteiger charge is 2.46. The summed E-state index contributed by atoms with van der Waals surface area (Å²) in [6, 6.07) is 22.3. The number of hydrogen-bond acceptors (Lipinski definition) is 16. The summed E-state index contributed by atoms with van der Waals surface area (Å²) in [4.78, 5) is 93.2. The molecule has 24 heteroatoms. The van der Waals surface area contributed by atoms with Crippen LogP contribution >= 0.6 is 22.7 Å². The van der Waals surface area contributed by atoms with Crippen LogP contribution in [0, 0.1) is 31.1 Å². The molecular weight excluding hydrogens is 1210 g/mol. The van der Waals surface area contributed by atoms with Crippen LogP contribution in [0.15, 0.2) is 90.6 Å². The Morgan fingerprint density at radius 1 is 0.802 bits per heavy atom. The molecular formula is C67H81N13O8S3. The van der Waals surface area contributed by atoms with Gasteiger partial charge in [0.05, 0.1) is 49.9 Å². The largest absolute Gasteiger partial charge is 0.391 e. The van der Waals surface area contributed by atoms with Crippen LogP contribution in [0.4, 0.5) is 15.7 Å². The molecule has 12 rings (SSSR count). The molecule has 3 aromatic carbocycles. The summed E-state index contributed by atoms with van der Waals surface area (Å²) in [5.41, 5.74) is 9.13. The van der Waals surface area contributed by atoms with Crippen molar-refractivity contribution in [1.82, 2.24) is 54.8 Å². The maximum absolute atomic E-state index is 14.7. The molecule has 7 aromatic rings. The number of rotatable bonds is 17. The van der Waals surface area contributed by atoms with Gasteiger partial charge in [0.2, 0.25) is 21.8 Å². The van der Waals surface area contributed by atoms with Gasteiger partial charge in [-0.05, 0) is 130 Å². The lowest BCUT2D eigenvalue weighted by molar-refractivity contribution is -0.142. The lowest BCUT2D eigenvalue weighted by Crippen LogP contribution is -2.63. The number of hydrogen-bond donors (Lipinski definition) is 5. The Hall–Kier alpha value is -7.64. The van der Waals surface area contributed by atoms with Crippen molar-refractivity contribution in [3.8, 4) is 21.6 Å². The van der Waals surface area contributed by atoms with Crippen LogP contribution < -0.4 is 25.6 Å². The molecule has 1 aliphatic carbocycles. The minimum Gasteiger partial charge on any atom is -0.391 e. The highest BCUT2D eigenvalue weighted by atomic mass is 32.2. The minimum atomic E-state index is -4.20. The molecule has 4 aromatic heterocycles. The number of aromatic nitrogens is 5. The fourth-order valence-electron chi connectivity index (χ4n) is 13.7. The topological polar surface area (TPSA) is 257 Å². The lowest BCUT2D eigenvalue weighted by Gasteiger charge is -2.44. The number of thiazole rings is 2. The van der Waals surface area contributed by atoms with E-state index in [0.29, 0.717) is 85.8 Å². The zero-order chi connectivity index (χ0) is 63.9. The van der Waals surface area contributed by atoms with E-state index in [4.69, 9.17) is 10.1 Å². The third-order valence-electron chi connectivity index (χ3n) is 19.0. The van der Waals surface area contributed by atoms with E-state index in [0.717, 1.165) is 68.1 Å². The Morgan fingerprint density at radius 2 is 1.56 bits per heavy atom. The summed E-state index contributed by atoms with van der Waals surface area (Å²) in [6.07, 6.45) is 7.96. The second-order valence-electron chi connectivity index (χ2n) is 26.5. The van der Waals surface area contributed by atoms with E-state index >= 15 is 0 Å². The van der Waals surface area contributed by atoms with Crippen LogP contribution in [0.5, 0.6) is 0 Å². The number of benzene rings is 3. The van der Waals surface area contributed by atoms with Gasteiger partial charge < -0.3 is 35.3 Å². The van der Waals surface area contributed by atoms with E-state index in [1.54, 1.807) is 28.5 Å². The zero-order valence-corrected chi connectivity index (χ0v) is 54.9. The molecule has 6 amide bonds. The first kappa shape index (κ1) is 63.5. The maximum Gasteiger partial charge on any atom is 0.318 e. The number of carbonyl (C=O) groups excluding carboxylic acids is 5. The summed E-state index contributed by atoms with van der Waals surface area (Å²) < 4.78 is 34.2. The number of nitrogens with one attached hydrogen (secondary N) is 4. The average Bonchev–Trinajstić information content (AvgIpc) is 2.00. The van der Waals surface area contributed by atoms with Gasteiger partial charge >= 0.3 is 6.03 Å². The number of aryl methyl sites for hydroxylation is 1. The Balaban J connectivity index is 0.666. The van der Waals surface area contributed by atoms with Crippen molar-refractivity contribution >= 4 is 83.5 Å². The molecule has 0 radical (unpaired) electrons. The number of carbonyl (C=O) groups is 5. The summed E-state index contributed by atoms with van der Waals surface area (Å²) >= 11 is 2.98. The van der Waals surface area contributed by atoms with Gasteiger partial charge in [0, 0.05) is 80.5 Å². The van der Waals surface area contributed by atoms with E-state index < -0.39 is 56.7 Å². The second kappa shape index (κ2) is 26.5. The molecule has 0 bridgehead atoms. The Bertz CT molecular complexity index is 3940. The van der Waals surface area contributed by atoms with Crippen molar-refractivity contribution in [1.29, 1.82) is 0 Å². The molecule has 4 aliphatic heterocycles. The fraction of sp³-hybridized carbons (Fsp3) is 0.478. The number of urea groups is 1. The quantitative estimate of drug-likeness (QED) is 0.0570. The molecule has 21 nitrogen and oxygen atoms in total. The van der Waals surface area contributed by atoms with E-state index in [1.165, 1.54) is 35.5 Å². The second-order valence-corrected chi connectivity index (χ2v) is 30.3. The van der Waals surface area contributed by atoms with Gasteiger partial charge in [-0.15, -0.1) is 11.3 Å². The highest BCUT2D eigenvalue weighted by Crippen LogP contribution is 2.36. The molecule has 8 heterocycles. The molecule has 480 valence electrons. The van der Waals surface area contributed by atoms with Crippen LogP contribution in [-0.2, 0) is 39.1 Å². The maximum atomic E-state index is 14.7. The Kier molecular flexibility index (Phi) is 18.5. The Morgan fingerprint density at radius 3 is 2.29 bits per heavy atom. The number of aliphatic hydroxyl groups excluding tert-OH is 1. The third-order valence-corrected chi connectivity index (χ3v) is 22.7. The number of para-hydroxylation sites is 1. The number of nitrogens with zero attached hydrogens (tertiary/aromatic N) is 9. The Labute approximate surface area is 539 Å². The molecule has 4 atom stereocenters. The predicted molar refractivity (Wildman–Crippen MR) is 353 cm³/mol. The molecule has 5 N–H and O–H groups in total. The predicted octanol–water partition coefficient (Wildman–Crippen LogP) is 9.11. The van der Waals surface area contributed by atoms with E-state index in [9.17, 15) is 37.5 Å². The molecule has 91 heavy (non-hydrogen) atoms. The zero-order valence-electron chi connectivity index (χ0n) is 52.5. The summed E-state index contributed by atoms with van der Waals surface area (Å²) in [7, 11) is -4.20. The number of sulfonamides is 1. The van der Waals surface area contributed by atoms with Crippen molar-refractivity contribution in [2.45, 2.75) is 142 Å². The van der Waals surface area contributed by atoms with Crippen LogP contribution in [-0.4, -0.2) is 152 Å². The number of fused-ring (bicyclic) bond motifs is 2. The van der Waals surface area contributed by atoms with Crippen LogP contribution in [0.1, 0.15) is 134 Å². The van der Waals surface area contributed by atoms with E-state index in [1.807, 2.05) is 129 Å². The first-order valence-electron chi connectivity index (χ1n) is 31.8. The van der Waals surface area contributed by atoms with Crippen LogP contribution in [0.3, 0.4) is 0 Å². The standard InChI is InChI=1S/C67H81N13O8S3/c1-40(45-19-21-47(22-20-45)59-41(2)68-39-89-59)70-62(83)55-31-48(81)37-79(55)64(85)60(67(4,5)6)73-66(86)78-34-44(35-78)33-76-28-26-49(27-29-76)91(87,88)75-63(84)58-50(52-32-69-80(42(52)3)36-43-13-8-7-9-14-43)23-24-57(72-58)77-30-25-46-15-12-16-51(53(46)38-77)61(82)74-65-71-54-17-10-11-18-56(54)90-65/h10-12,15-24,32,39-40,43-44,48-49,55,60,81H,7-9,13-14,25-31,33-38H2,1-6H3,(H,70,83)(H,73,86)(H,75,84)(H,71,74,82)/t40-,48+,55-,60+/m0/s1. The molecule has 0 spiro atoms. The first-order valence-corrected chi connectivity index (χ1v) is 35.1. The molecule has 5 aliphatic rings. The van der Waals surface area contributed by atoms with Gasteiger partial charge in [-0.3, -0.25) is 29.2 Å². The first-order chi connectivity index (χ1) is 43.6. The monoisotopic (exact) mass is 1290 g/mol. The van der Waals surface area contributed by atoms with Gasteiger partial charge in [0.1, 0.15) is 23.6 Å². The van der Waals surface area contributed by atoms with Gasteiger partial charge in [0.15, 0.2) is 5.13 Å². The number of likely N-dealkylation sites (tertiary alicyclic amines) is 3. The summed E-state index contributed by atoms with van der Waals surface area (Å²) in [5, 5.41) is 24.3. The van der Waals surface area contributed by atoms with Gasteiger partial charge in [-0.1, -0.05) is 99.9 Å². The van der Waals surface area contributed by atoms with Crippen molar-refractivity contribution < 1.29 is 37.5 Å². The highest BCUT2D eigenvalue weighted by molar-refractivity contribution is 7.90. The average molecular weight is 1290 g/mol. The van der Waals surface area contributed by atoms with E-state index in [-0.39, 0.29) is 55.3 Å². The molecule has 1 saturated carbocycles. The van der Waals surface area contributed by atoms with Crippen LogP contribution in [0.25, 0.3) is 31.8 Å². The molecule has 3 saturated heterocycles. The van der Waals surface area contributed by atoms with Crippen molar-refractivity contribution in [3.63, 3.8) is 0 Å².